The molecule has 6 rings (SSSR count). The maximum atomic E-state index is 3.66. The van der Waals surface area contributed by atoms with Gasteiger partial charge in [-0.2, -0.15) is 0 Å². The Bertz CT molecular complexity index is 1420. The molecule has 0 aliphatic heterocycles. The van der Waals surface area contributed by atoms with Gasteiger partial charge in [-0.1, -0.05) is 23.8 Å². The molecule has 0 saturated carbocycles. The predicted molar refractivity (Wildman–Crippen MR) is 111 cm³/mol. The van der Waals surface area contributed by atoms with Gasteiger partial charge in [0.05, 0.1) is 29.0 Å². The molecule has 4 heterocycles. The van der Waals surface area contributed by atoms with Crippen LogP contribution in [0, 0.1) is 13.8 Å². The van der Waals surface area contributed by atoms with Gasteiger partial charge in [-0.3, -0.25) is 0 Å². The average Bonchev–Trinajstić information content (AvgIpc) is 3.24. The van der Waals surface area contributed by atoms with Gasteiger partial charge in [0.1, 0.15) is 0 Å². The Morgan fingerprint density at radius 2 is 1.42 bits per heavy atom. The van der Waals surface area contributed by atoms with Crippen LogP contribution in [0.3, 0.4) is 0 Å². The molecule has 2 aromatic carbocycles. The van der Waals surface area contributed by atoms with Crippen molar-refractivity contribution in [3.05, 3.63) is 47.5 Å². The summed E-state index contributed by atoms with van der Waals surface area (Å²) < 4.78 is 8.62. The molecule has 0 saturated heterocycles. The van der Waals surface area contributed by atoms with Crippen LogP contribution in [0.1, 0.15) is 11.1 Å². The molecule has 6 aromatic rings. The molecule has 0 unspecified atom stereocenters. The van der Waals surface area contributed by atoms with Crippen LogP contribution in [-0.2, 0) is 0 Å². The van der Waals surface area contributed by atoms with E-state index in [1.54, 1.807) is 0 Å². The van der Waals surface area contributed by atoms with Crippen LogP contribution in [0.15, 0.2) is 36.4 Å². The second-order valence-electron chi connectivity index (χ2n) is 6.50. The fourth-order valence-corrected chi connectivity index (χ4v) is 8.00. The van der Waals surface area contributed by atoms with Crippen molar-refractivity contribution in [3.63, 3.8) is 0 Å². The van der Waals surface area contributed by atoms with Gasteiger partial charge in [0, 0.05) is 21.0 Å². The van der Waals surface area contributed by atoms with Gasteiger partial charge in [-0.05, 0) is 37.6 Å². The molecular weight excluding hydrogens is 350 g/mol. The van der Waals surface area contributed by atoms with Crippen LogP contribution in [0.25, 0.3) is 50.0 Å². The highest BCUT2D eigenvalue weighted by atomic mass is 32.1. The highest BCUT2D eigenvalue weighted by Crippen LogP contribution is 2.51. The molecule has 0 atom stereocenters. The first kappa shape index (κ1) is 13.4. The molecule has 0 aliphatic rings. The van der Waals surface area contributed by atoms with Gasteiger partial charge >= 0.3 is 0 Å². The lowest BCUT2D eigenvalue weighted by Gasteiger charge is -1.92. The summed E-state index contributed by atoms with van der Waals surface area (Å²) in [5.41, 5.74) is 5.24. The molecule has 0 spiro atoms. The van der Waals surface area contributed by atoms with Gasteiger partial charge in [0.2, 0.25) is 0 Å². The maximum Gasteiger partial charge on any atom is 0.0756 e. The Morgan fingerprint density at radius 1 is 0.667 bits per heavy atom. The molecule has 0 radical (unpaired) electrons. The standard InChI is InChI=1S/C20H13NS3/c1-9-4-6-13-12(7-9)16-15(21-13)18-20(23-16)19-17(24-18)11-5-3-10(2)8-14(11)22-19/h3-8,21H,1-2H3. The van der Waals surface area contributed by atoms with Crippen LogP contribution in [0.4, 0.5) is 0 Å². The molecule has 0 fully saturated rings. The lowest BCUT2D eigenvalue weighted by atomic mass is 10.2. The first-order valence-corrected chi connectivity index (χ1v) is 10.4. The summed E-state index contributed by atoms with van der Waals surface area (Å²) >= 11 is 5.85. The van der Waals surface area contributed by atoms with Crippen molar-refractivity contribution in [2.45, 2.75) is 13.8 Å². The predicted octanol–water partition coefficient (Wildman–Crippen LogP) is 7.58. The first-order valence-electron chi connectivity index (χ1n) is 7.95. The zero-order valence-electron chi connectivity index (χ0n) is 13.2. The Morgan fingerprint density at radius 3 is 2.33 bits per heavy atom. The van der Waals surface area contributed by atoms with Crippen molar-refractivity contribution in [2.75, 3.05) is 0 Å². The summed E-state index contributed by atoms with van der Waals surface area (Å²) in [5.74, 6) is 0. The largest absolute Gasteiger partial charge is 0.353 e. The number of H-pyrrole nitrogens is 1. The molecule has 1 N–H and O–H groups in total. The van der Waals surface area contributed by atoms with E-state index < -0.39 is 0 Å². The van der Waals surface area contributed by atoms with Gasteiger partial charge in [0.25, 0.3) is 0 Å². The Balaban J connectivity index is 1.81. The normalized spacial score (nSPS) is 12.6. The number of aromatic amines is 1. The molecule has 24 heavy (non-hydrogen) atoms. The summed E-state index contributed by atoms with van der Waals surface area (Å²) in [6.07, 6.45) is 0. The van der Waals surface area contributed by atoms with E-state index in [0.717, 1.165) is 0 Å². The number of benzene rings is 2. The molecule has 116 valence electrons. The van der Waals surface area contributed by atoms with Crippen LogP contribution in [0.5, 0.6) is 0 Å². The van der Waals surface area contributed by atoms with E-state index in [1.807, 2.05) is 34.0 Å². The SMILES string of the molecule is Cc1ccc2c(c1)sc1c2sc2c3[nH]c4ccc(C)cc4c3sc21. The third-order valence-electron chi connectivity index (χ3n) is 4.75. The minimum atomic E-state index is 1.25. The van der Waals surface area contributed by atoms with E-state index in [1.165, 1.54) is 61.1 Å². The smallest absolute Gasteiger partial charge is 0.0756 e. The zero-order valence-corrected chi connectivity index (χ0v) is 15.6. The maximum absolute atomic E-state index is 3.66. The third kappa shape index (κ3) is 1.59. The Labute approximate surface area is 150 Å². The number of hydrogen-bond donors (Lipinski definition) is 1. The van der Waals surface area contributed by atoms with E-state index in [0.29, 0.717) is 0 Å². The Hall–Kier alpha value is -1.88. The number of nitrogens with one attached hydrogen (secondary N) is 1. The fraction of sp³-hybridized carbons (Fsp3) is 0.100. The number of thiophene rings is 3. The second kappa shape index (κ2) is 4.39. The lowest BCUT2D eigenvalue weighted by Crippen LogP contribution is -1.70. The van der Waals surface area contributed by atoms with Crippen LogP contribution < -0.4 is 0 Å². The van der Waals surface area contributed by atoms with E-state index in [-0.39, 0.29) is 0 Å². The quantitative estimate of drug-likeness (QED) is 0.286. The first-order chi connectivity index (χ1) is 11.7. The van der Waals surface area contributed by atoms with Crippen LogP contribution in [0.2, 0.25) is 0 Å². The topological polar surface area (TPSA) is 15.8 Å². The van der Waals surface area contributed by atoms with Gasteiger partial charge < -0.3 is 4.98 Å². The van der Waals surface area contributed by atoms with E-state index >= 15 is 0 Å². The second-order valence-corrected chi connectivity index (χ2v) is 9.59. The van der Waals surface area contributed by atoms with Gasteiger partial charge in [-0.15, -0.1) is 34.0 Å². The molecule has 4 heteroatoms. The highest BCUT2D eigenvalue weighted by molar-refractivity contribution is 7.43. The minimum absolute atomic E-state index is 1.25. The molecule has 1 nitrogen and oxygen atoms in total. The van der Waals surface area contributed by atoms with Gasteiger partial charge in [0.15, 0.2) is 0 Å². The number of fused-ring (bicyclic) bond motifs is 9. The van der Waals surface area contributed by atoms with Crippen molar-refractivity contribution in [3.8, 4) is 0 Å². The molecule has 0 aliphatic carbocycles. The molecule has 0 amide bonds. The van der Waals surface area contributed by atoms with Crippen molar-refractivity contribution >= 4 is 84.0 Å². The van der Waals surface area contributed by atoms with Crippen molar-refractivity contribution in [2.24, 2.45) is 0 Å². The average molecular weight is 364 g/mol. The number of rotatable bonds is 0. The number of hydrogen-bond acceptors (Lipinski definition) is 3. The van der Waals surface area contributed by atoms with Crippen LogP contribution in [-0.4, -0.2) is 4.98 Å². The fourth-order valence-electron chi connectivity index (χ4n) is 3.59. The summed E-state index contributed by atoms with van der Waals surface area (Å²) in [7, 11) is 0. The summed E-state index contributed by atoms with van der Waals surface area (Å²) in [4.78, 5) is 3.66. The summed E-state index contributed by atoms with van der Waals surface area (Å²) in [6, 6.07) is 13.5. The van der Waals surface area contributed by atoms with E-state index in [9.17, 15) is 0 Å². The molecule has 0 bridgehead atoms. The summed E-state index contributed by atoms with van der Waals surface area (Å²) in [6.45, 7) is 4.34. The highest BCUT2D eigenvalue weighted by Gasteiger charge is 2.19. The lowest BCUT2D eigenvalue weighted by molar-refractivity contribution is 1.49. The minimum Gasteiger partial charge on any atom is -0.353 e. The van der Waals surface area contributed by atoms with Crippen molar-refractivity contribution in [1.82, 2.24) is 4.98 Å². The third-order valence-corrected chi connectivity index (χ3v) is 8.79. The van der Waals surface area contributed by atoms with E-state index in [2.05, 4.69) is 55.2 Å². The monoisotopic (exact) mass is 363 g/mol. The van der Waals surface area contributed by atoms with Crippen molar-refractivity contribution in [1.29, 1.82) is 0 Å². The van der Waals surface area contributed by atoms with Crippen molar-refractivity contribution < 1.29 is 0 Å². The van der Waals surface area contributed by atoms with Gasteiger partial charge in [-0.25, -0.2) is 0 Å². The molecular formula is C20H13NS3. The summed E-state index contributed by atoms with van der Waals surface area (Å²) in [5, 5.41) is 2.78. The Kier molecular flexibility index (Phi) is 2.46. The van der Waals surface area contributed by atoms with Crippen LogP contribution >= 0.6 is 34.0 Å². The van der Waals surface area contributed by atoms with E-state index in [4.69, 9.17) is 0 Å². The number of aryl methyl sites for hydroxylation is 2. The molecule has 4 aromatic heterocycles. The zero-order chi connectivity index (χ0) is 16.0. The number of aromatic nitrogens is 1.